The molecule has 2 fully saturated rings. The number of anilines is 1. The lowest BCUT2D eigenvalue weighted by atomic mass is 9.52. The van der Waals surface area contributed by atoms with Crippen molar-refractivity contribution in [2.45, 2.75) is 53.5 Å². The molecule has 1 saturated heterocycles. The van der Waals surface area contributed by atoms with Gasteiger partial charge in [-0.3, -0.25) is 4.79 Å². The SMILES string of the molecule is CCC1CN(c2ccc(C(=O)NC3C(C)(C)CC3(C)C)cc2)C1. The number of hydrogen-bond acceptors (Lipinski definition) is 2. The van der Waals surface area contributed by atoms with E-state index in [2.05, 4.69) is 57.0 Å². The van der Waals surface area contributed by atoms with Crippen LogP contribution >= 0.6 is 0 Å². The highest BCUT2D eigenvalue weighted by Crippen LogP contribution is 2.53. The first-order valence-corrected chi connectivity index (χ1v) is 8.89. The van der Waals surface area contributed by atoms with Crippen molar-refractivity contribution in [2.75, 3.05) is 18.0 Å². The molecular formula is C20H30N2O. The standard InChI is InChI=1S/C20H30N2O/c1-6-14-11-22(12-14)16-9-7-15(8-10-16)17(23)21-18-19(2,3)13-20(18,4)5/h7-10,14,18H,6,11-13H2,1-5H3,(H,21,23). The lowest BCUT2D eigenvalue weighted by molar-refractivity contribution is -0.0366. The van der Waals surface area contributed by atoms with Gasteiger partial charge in [0.2, 0.25) is 0 Å². The molecule has 126 valence electrons. The summed E-state index contributed by atoms with van der Waals surface area (Å²) in [4.78, 5) is 14.9. The second-order valence-corrected chi connectivity index (χ2v) is 8.79. The number of benzene rings is 1. The molecule has 0 aromatic heterocycles. The Morgan fingerprint density at radius 3 is 2.17 bits per heavy atom. The van der Waals surface area contributed by atoms with Gasteiger partial charge in [-0.25, -0.2) is 0 Å². The Morgan fingerprint density at radius 1 is 1.13 bits per heavy atom. The Bertz CT molecular complexity index is 568. The van der Waals surface area contributed by atoms with E-state index in [0.717, 1.165) is 31.0 Å². The van der Waals surface area contributed by atoms with Gasteiger partial charge in [-0.05, 0) is 53.9 Å². The molecule has 0 radical (unpaired) electrons. The highest BCUT2D eigenvalue weighted by atomic mass is 16.1. The summed E-state index contributed by atoms with van der Waals surface area (Å²) >= 11 is 0. The Balaban J connectivity index is 1.62. The van der Waals surface area contributed by atoms with E-state index in [0.29, 0.717) is 0 Å². The zero-order valence-corrected chi connectivity index (χ0v) is 15.1. The maximum absolute atomic E-state index is 12.6. The van der Waals surface area contributed by atoms with Crippen LogP contribution < -0.4 is 10.2 Å². The Morgan fingerprint density at radius 2 is 1.70 bits per heavy atom. The molecular weight excluding hydrogens is 284 g/mol. The van der Waals surface area contributed by atoms with Crippen LogP contribution in [0.1, 0.15) is 57.8 Å². The molecule has 0 bridgehead atoms. The molecule has 0 atom stereocenters. The van der Waals surface area contributed by atoms with Crippen molar-refractivity contribution < 1.29 is 4.79 Å². The van der Waals surface area contributed by atoms with Crippen LogP contribution in [0.5, 0.6) is 0 Å². The number of amides is 1. The summed E-state index contributed by atoms with van der Waals surface area (Å²) in [6, 6.07) is 8.32. The van der Waals surface area contributed by atoms with E-state index < -0.39 is 0 Å². The van der Waals surface area contributed by atoms with Crippen LogP contribution in [0, 0.1) is 16.7 Å². The number of carbonyl (C=O) groups is 1. The summed E-state index contributed by atoms with van der Waals surface area (Å²) in [5.41, 5.74) is 2.37. The molecule has 1 aliphatic carbocycles. The highest BCUT2D eigenvalue weighted by molar-refractivity contribution is 5.95. The molecule has 0 spiro atoms. The molecule has 1 aromatic carbocycles. The van der Waals surface area contributed by atoms with E-state index in [-0.39, 0.29) is 22.8 Å². The van der Waals surface area contributed by atoms with Crippen molar-refractivity contribution >= 4 is 11.6 Å². The summed E-state index contributed by atoms with van der Waals surface area (Å²) in [6.45, 7) is 13.5. The van der Waals surface area contributed by atoms with E-state index in [1.165, 1.54) is 12.1 Å². The molecule has 23 heavy (non-hydrogen) atoms. The van der Waals surface area contributed by atoms with Crippen LogP contribution in [0.25, 0.3) is 0 Å². The normalized spacial score (nSPS) is 23.1. The minimum atomic E-state index is 0.0532. The average Bonchev–Trinajstić information content (AvgIpc) is 2.43. The summed E-state index contributed by atoms with van der Waals surface area (Å²) in [5, 5.41) is 3.25. The third kappa shape index (κ3) is 2.98. The summed E-state index contributed by atoms with van der Waals surface area (Å²) in [5.74, 6) is 0.887. The molecule has 2 aliphatic rings. The van der Waals surface area contributed by atoms with Crippen LogP contribution in [-0.4, -0.2) is 25.0 Å². The first-order chi connectivity index (χ1) is 10.7. The fraction of sp³-hybridized carbons (Fsp3) is 0.650. The Labute approximate surface area is 140 Å². The van der Waals surface area contributed by atoms with Crippen molar-refractivity contribution in [2.24, 2.45) is 16.7 Å². The third-order valence-corrected chi connectivity index (χ3v) is 5.78. The third-order valence-electron chi connectivity index (χ3n) is 5.78. The Kier molecular flexibility index (Phi) is 3.94. The maximum atomic E-state index is 12.6. The quantitative estimate of drug-likeness (QED) is 0.908. The predicted octanol–water partition coefficient (Wildman–Crippen LogP) is 4.09. The van der Waals surface area contributed by atoms with E-state index in [9.17, 15) is 4.79 Å². The van der Waals surface area contributed by atoms with Crippen LogP contribution in [0.15, 0.2) is 24.3 Å². The van der Waals surface area contributed by atoms with Gasteiger partial charge in [0.25, 0.3) is 5.91 Å². The fourth-order valence-corrected chi connectivity index (χ4v) is 4.77. The molecule has 0 unspecified atom stereocenters. The molecule has 1 aromatic rings. The van der Waals surface area contributed by atoms with Crippen LogP contribution in [0.3, 0.4) is 0 Å². The second kappa shape index (κ2) is 5.54. The average molecular weight is 314 g/mol. The first-order valence-electron chi connectivity index (χ1n) is 8.89. The second-order valence-electron chi connectivity index (χ2n) is 8.79. The van der Waals surface area contributed by atoms with Gasteiger partial charge < -0.3 is 10.2 Å². The maximum Gasteiger partial charge on any atom is 0.251 e. The van der Waals surface area contributed by atoms with Gasteiger partial charge in [-0.15, -0.1) is 0 Å². The van der Waals surface area contributed by atoms with E-state index in [4.69, 9.17) is 0 Å². The number of nitrogens with one attached hydrogen (secondary N) is 1. The van der Waals surface area contributed by atoms with Gasteiger partial charge in [0.1, 0.15) is 0 Å². The summed E-state index contributed by atoms with van der Waals surface area (Å²) in [6.07, 6.45) is 2.40. The van der Waals surface area contributed by atoms with Crippen LogP contribution in [-0.2, 0) is 0 Å². The minimum absolute atomic E-state index is 0.0532. The molecule has 1 aliphatic heterocycles. The Hall–Kier alpha value is -1.51. The van der Waals surface area contributed by atoms with Gasteiger partial charge in [0, 0.05) is 30.4 Å². The van der Waals surface area contributed by atoms with E-state index in [1.54, 1.807) is 0 Å². The zero-order chi connectivity index (χ0) is 16.8. The van der Waals surface area contributed by atoms with Crippen LogP contribution in [0.2, 0.25) is 0 Å². The lowest BCUT2D eigenvalue weighted by Crippen LogP contribution is -2.63. The molecule has 1 heterocycles. The van der Waals surface area contributed by atoms with Gasteiger partial charge in [0.05, 0.1) is 0 Å². The topological polar surface area (TPSA) is 32.3 Å². The smallest absolute Gasteiger partial charge is 0.251 e. The number of rotatable bonds is 4. The zero-order valence-electron chi connectivity index (χ0n) is 15.1. The highest BCUT2D eigenvalue weighted by Gasteiger charge is 2.53. The molecule has 3 rings (SSSR count). The molecule has 3 nitrogen and oxygen atoms in total. The summed E-state index contributed by atoms with van der Waals surface area (Å²) in [7, 11) is 0. The fourth-order valence-electron chi connectivity index (χ4n) is 4.77. The molecule has 1 saturated carbocycles. The first kappa shape index (κ1) is 16.4. The number of nitrogens with zero attached hydrogens (tertiary/aromatic N) is 1. The van der Waals surface area contributed by atoms with E-state index in [1.807, 2.05) is 12.1 Å². The predicted molar refractivity (Wildman–Crippen MR) is 95.9 cm³/mol. The van der Waals surface area contributed by atoms with Gasteiger partial charge in [0.15, 0.2) is 0 Å². The van der Waals surface area contributed by atoms with Crippen molar-refractivity contribution in [1.29, 1.82) is 0 Å². The van der Waals surface area contributed by atoms with Crippen molar-refractivity contribution in [3.05, 3.63) is 29.8 Å². The number of carbonyl (C=O) groups excluding carboxylic acids is 1. The van der Waals surface area contributed by atoms with Crippen molar-refractivity contribution in [3.63, 3.8) is 0 Å². The van der Waals surface area contributed by atoms with Gasteiger partial charge in [-0.2, -0.15) is 0 Å². The molecule has 1 amide bonds. The minimum Gasteiger partial charge on any atom is -0.371 e. The lowest BCUT2D eigenvalue weighted by Gasteiger charge is -2.57. The van der Waals surface area contributed by atoms with Crippen LogP contribution in [0.4, 0.5) is 5.69 Å². The molecule has 3 heteroatoms. The van der Waals surface area contributed by atoms with E-state index >= 15 is 0 Å². The molecule has 1 N–H and O–H groups in total. The largest absolute Gasteiger partial charge is 0.371 e. The van der Waals surface area contributed by atoms with Crippen molar-refractivity contribution in [1.82, 2.24) is 5.32 Å². The monoisotopic (exact) mass is 314 g/mol. The van der Waals surface area contributed by atoms with Gasteiger partial charge >= 0.3 is 0 Å². The number of hydrogen-bond donors (Lipinski definition) is 1. The van der Waals surface area contributed by atoms with Gasteiger partial charge in [-0.1, -0.05) is 34.6 Å². The summed E-state index contributed by atoms with van der Waals surface area (Å²) < 4.78 is 0. The van der Waals surface area contributed by atoms with Crippen molar-refractivity contribution in [3.8, 4) is 0 Å².